The molecule has 5 heteroatoms. The summed E-state index contributed by atoms with van der Waals surface area (Å²) in [6, 6.07) is 16.7. The average Bonchev–Trinajstić information content (AvgIpc) is 2.61. The van der Waals surface area contributed by atoms with Crippen molar-refractivity contribution >= 4 is 23.4 Å². The van der Waals surface area contributed by atoms with Crippen LogP contribution in [-0.4, -0.2) is 41.2 Å². The van der Waals surface area contributed by atoms with Crippen LogP contribution < -0.4 is 0 Å². The zero-order chi connectivity index (χ0) is 17.1. The molecule has 1 saturated heterocycles. The molecule has 3 rings (SSSR count). The van der Waals surface area contributed by atoms with Gasteiger partial charge in [-0.25, -0.2) is 0 Å². The molecule has 24 heavy (non-hydrogen) atoms. The van der Waals surface area contributed by atoms with Gasteiger partial charge in [-0.05, 0) is 23.8 Å². The molecule has 4 nitrogen and oxygen atoms in total. The zero-order valence-corrected chi connectivity index (χ0v) is 14.2. The second-order valence-corrected chi connectivity index (χ2v) is 6.34. The summed E-state index contributed by atoms with van der Waals surface area (Å²) in [6.07, 6.45) is 0. The van der Waals surface area contributed by atoms with Gasteiger partial charge in [0.1, 0.15) is 0 Å². The van der Waals surface area contributed by atoms with Crippen molar-refractivity contribution in [3.63, 3.8) is 0 Å². The Morgan fingerprint density at radius 1 is 1.04 bits per heavy atom. The number of hydrogen-bond acceptors (Lipinski definition) is 2. The van der Waals surface area contributed by atoms with Crippen LogP contribution in [-0.2, 0) is 4.79 Å². The quantitative estimate of drug-likeness (QED) is 0.839. The Kier molecular flexibility index (Phi) is 4.86. The number of amides is 2. The Bertz CT molecular complexity index is 748. The van der Waals surface area contributed by atoms with Gasteiger partial charge < -0.3 is 9.80 Å². The molecule has 0 aliphatic carbocycles. The Labute approximate surface area is 146 Å². The molecule has 2 amide bonds. The van der Waals surface area contributed by atoms with Crippen molar-refractivity contribution in [2.45, 2.75) is 13.0 Å². The van der Waals surface area contributed by atoms with E-state index in [0.717, 1.165) is 5.56 Å². The van der Waals surface area contributed by atoms with Crippen molar-refractivity contribution in [3.05, 3.63) is 70.7 Å². The highest BCUT2D eigenvalue weighted by Gasteiger charge is 2.32. The number of nitrogens with zero attached hydrogens (tertiary/aromatic N) is 2. The van der Waals surface area contributed by atoms with Crippen LogP contribution >= 0.6 is 11.6 Å². The third kappa shape index (κ3) is 3.44. The van der Waals surface area contributed by atoms with E-state index in [1.807, 2.05) is 35.2 Å². The third-order valence-electron chi connectivity index (χ3n) is 4.33. The van der Waals surface area contributed by atoms with Crippen LogP contribution in [0.5, 0.6) is 0 Å². The van der Waals surface area contributed by atoms with Crippen molar-refractivity contribution in [1.82, 2.24) is 9.80 Å². The first-order chi connectivity index (χ1) is 11.6. The van der Waals surface area contributed by atoms with Gasteiger partial charge in [0, 0.05) is 37.1 Å². The highest BCUT2D eigenvalue weighted by Crippen LogP contribution is 2.26. The topological polar surface area (TPSA) is 40.6 Å². The average molecular weight is 343 g/mol. The first-order valence-electron chi connectivity index (χ1n) is 7.93. The standard InChI is InChI=1S/C19H19ClN2O2/c1-14(23)22-11-10-21(13-18(22)15-6-3-2-4-7-15)19(24)16-8-5-9-17(20)12-16/h2-9,12,18H,10-11,13H2,1H3/t18-/m0/s1. The molecule has 0 unspecified atom stereocenters. The van der Waals surface area contributed by atoms with E-state index in [0.29, 0.717) is 30.2 Å². The molecule has 0 radical (unpaired) electrons. The summed E-state index contributed by atoms with van der Waals surface area (Å²) in [7, 11) is 0. The molecule has 2 aromatic rings. The van der Waals surface area contributed by atoms with Crippen LogP contribution in [0, 0.1) is 0 Å². The second-order valence-electron chi connectivity index (χ2n) is 5.90. The van der Waals surface area contributed by atoms with Gasteiger partial charge in [-0.15, -0.1) is 0 Å². The first-order valence-corrected chi connectivity index (χ1v) is 8.31. The van der Waals surface area contributed by atoms with Crippen molar-refractivity contribution in [2.75, 3.05) is 19.6 Å². The van der Waals surface area contributed by atoms with Crippen LogP contribution in [0.3, 0.4) is 0 Å². The van der Waals surface area contributed by atoms with E-state index in [9.17, 15) is 9.59 Å². The lowest BCUT2D eigenvalue weighted by Gasteiger charge is -2.41. The van der Waals surface area contributed by atoms with Crippen molar-refractivity contribution < 1.29 is 9.59 Å². The van der Waals surface area contributed by atoms with Gasteiger partial charge >= 0.3 is 0 Å². The molecule has 0 spiro atoms. The van der Waals surface area contributed by atoms with Crippen LogP contribution in [0.15, 0.2) is 54.6 Å². The van der Waals surface area contributed by atoms with Gasteiger partial charge in [0.05, 0.1) is 6.04 Å². The predicted octanol–water partition coefficient (Wildman–Crippen LogP) is 3.39. The summed E-state index contributed by atoms with van der Waals surface area (Å²) in [6.45, 7) is 3.11. The fraction of sp³-hybridized carbons (Fsp3) is 0.263. The summed E-state index contributed by atoms with van der Waals surface area (Å²) in [4.78, 5) is 28.4. The maximum atomic E-state index is 12.8. The molecule has 0 saturated carbocycles. The van der Waals surface area contributed by atoms with Crippen molar-refractivity contribution in [1.29, 1.82) is 0 Å². The van der Waals surface area contributed by atoms with E-state index in [1.165, 1.54) is 0 Å². The summed E-state index contributed by atoms with van der Waals surface area (Å²) < 4.78 is 0. The van der Waals surface area contributed by atoms with Crippen LogP contribution in [0.4, 0.5) is 0 Å². The summed E-state index contributed by atoms with van der Waals surface area (Å²) >= 11 is 5.99. The number of piperazine rings is 1. The molecule has 124 valence electrons. The third-order valence-corrected chi connectivity index (χ3v) is 4.56. The Morgan fingerprint density at radius 2 is 1.79 bits per heavy atom. The molecule has 0 aromatic heterocycles. The highest BCUT2D eigenvalue weighted by molar-refractivity contribution is 6.30. The number of rotatable bonds is 2. The molecule has 2 aromatic carbocycles. The maximum absolute atomic E-state index is 12.8. The predicted molar refractivity (Wildman–Crippen MR) is 93.9 cm³/mol. The Hall–Kier alpha value is -2.33. The lowest BCUT2D eigenvalue weighted by molar-refractivity contribution is -0.133. The van der Waals surface area contributed by atoms with E-state index in [1.54, 1.807) is 36.1 Å². The number of benzene rings is 2. The van der Waals surface area contributed by atoms with E-state index >= 15 is 0 Å². The Morgan fingerprint density at radius 3 is 2.46 bits per heavy atom. The fourth-order valence-electron chi connectivity index (χ4n) is 3.11. The molecular formula is C19H19ClN2O2. The summed E-state index contributed by atoms with van der Waals surface area (Å²) in [5.74, 6) is -0.0275. The minimum atomic E-state index is -0.124. The smallest absolute Gasteiger partial charge is 0.254 e. The van der Waals surface area contributed by atoms with E-state index in [2.05, 4.69) is 0 Å². The highest BCUT2D eigenvalue weighted by atomic mass is 35.5. The van der Waals surface area contributed by atoms with Gasteiger partial charge in [0.2, 0.25) is 5.91 Å². The fourth-order valence-corrected chi connectivity index (χ4v) is 3.30. The van der Waals surface area contributed by atoms with Gasteiger partial charge in [0.15, 0.2) is 0 Å². The van der Waals surface area contributed by atoms with Crippen molar-refractivity contribution in [2.24, 2.45) is 0 Å². The van der Waals surface area contributed by atoms with Gasteiger partial charge in [-0.3, -0.25) is 9.59 Å². The molecule has 1 atom stereocenters. The maximum Gasteiger partial charge on any atom is 0.254 e. The van der Waals surface area contributed by atoms with Crippen LogP contribution in [0.2, 0.25) is 5.02 Å². The molecular weight excluding hydrogens is 324 g/mol. The van der Waals surface area contributed by atoms with E-state index in [4.69, 9.17) is 11.6 Å². The monoisotopic (exact) mass is 342 g/mol. The van der Waals surface area contributed by atoms with Crippen LogP contribution in [0.25, 0.3) is 0 Å². The van der Waals surface area contributed by atoms with Crippen LogP contribution in [0.1, 0.15) is 28.9 Å². The molecule has 1 aliphatic rings. The molecule has 0 bridgehead atoms. The lowest BCUT2D eigenvalue weighted by Crippen LogP contribution is -2.51. The molecule has 1 heterocycles. The normalized spacial score (nSPS) is 17.7. The number of carbonyl (C=O) groups is 2. The van der Waals surface area contributed by atoms with Crippen molar-refractivity contribution in [3.8, 4) is 0 Å². The summed E-state index contributed by atoms with van der Waals surface area (Å²) in [5.41, 5.74) is 1.61. The largest absolute Gasteiger partial charge is 0.334 e. The van der Waals surface area contributed by atoms with Gasteiger partial charge in [-0.1, -0.05) is 48.0 Å². The first kappa shape index (κ1) is 16.5. The SMILES string of the molecule is CC(=O)N1CCN(C(=O)c2cccc(Cl)c2)C[C@H]1c1ccccc1. The van der Waals surface area contributed by atoms with E-state index < -0.39 is 0 Å². The Balaban J connectivity index is 1.85. The zero-order valence-electron chi connectivity index (χ0n) is 13.5. The number of carbonyl (C=O) groups excluding carboxylic acids is 2. The number of hydrogen-bond donors (Lipinski definition) is 0. The minimum absolute atomic E-state index is 0.0266. The molecule has 1 fully saturated rings. The minimum Gasteiger partial charge on any atom is -0.334 e. The number of halogens is 1. The molecule has 1 aliphatic heterocycles. The van der Waals surface area contributed by atoms with Gasteiger partial charge in [0.25, 0.3) is 5.91 Å². The summed E-state index contributed by atoms with van der Waals surface area (Å²) in [5, 5.41) is 0.544. The van der Waals surface area contributed by atoms with Gasteiger partial charge in [-0.2, -0.15) is 0 Å². The lowest BCUT2D eigenvalue weighted by atomic mass is 10.0. The molecule has 0 N–H and O–H groups in total. The second kappa shape index (κ2) is 7.05. The van der Waals surface area contributed by atoms with E-state index in [-0.39, 0.29) is 17.9 Å².